The third kappa shape index (κ3) is 4.57. The van der Waals surface area contributed by atoms with Crippen LogP contribution in [0.3, 0.4) is 0 Å². The Morgan fingerprint density at radius 3 is 2.62 bits per heavy atom. The number of hydrogen-bond donors (Lipinski definition) is 0. The zero-order valence-electron chi connectivity index (χ0n) is 15.8. The SMILES string of the molecule is COc1ccc(C(=O)CCC(=O)N2CC(F)(F)C[C@H]2C#N)c(-c2ccccc2)n1. The first kappa shape index (κ1) is 20.4. The van der Waals surface area contributed by atoms with Crippen LogP contribution in [0.15, 0.2) is 42.5 Å². The molecule has 0 aliphatic carbocycles. The predicted molar refractivity (Wildman–Crippen MR) is 100 cm³/mol. The van der Waals surface area contributed by atoms with Crippen LogP contribution in [0.25, 0.3) is 11.3 Å². The van der Waals surface area contributed by atoms with Gasteiger partial charge in [0.1, 0.15) is 6.04 Å². The summed E-state index contributed by atoms with van der Waals surface area (Å²) in [6.45, 7) is -0.794. The topological polar surface area (TPSA) is 83.3 Å². The van der Waals surface area contributed by atoms with Gasteiger partial charge in [0.25, 0.3) is 5.92 Å². The third-order valence-corrected chi connectivity index (χ3v) is 4.73. The summed E-state index contributed by atoms with van der Waals surface area (Å²) in [4.78, 5) is 30.3. The van der Waals surface area contributed by atoms with Crippen molar-refractivity contribution in [3.05, 3.63) is 48.0 Å². The molecule has 29 heavy (non-hydrogen) atoms. The number of ketones is 1. The van der Waals surface area contributed by atoms with Gasteiger partial charge in [0, 0.05) is 36.5 Å². The summed E-state index contributed by atoms with van der Waals surface area (Å²) < 4.78 is 32.2. The number of carbonyl (C=O) groups is 2. The number of pyridine rings is 1. The lowest BCUT2D eigenvalue weighted by molar-refractivity contribution is -0.132. The second-order valence-corrected chi connectivity index (χ2v) is 6.77. The van der Waals surface area contributed by atoms with E-state index in [1.807, 2.05) is 18.2 Å². The Morgan fingerprint density at radius 1 is 1.24 bits per heavy atom. The van der Waals surface area contributed by atoms with Crippen molar-refractivity contribution in [2.24, 2.45) is 0 Å². The number of halogens is 2. The van der Waals surface area contributed by atoms with Crippen molar-refractivity contribution >= 4 is 11.7 Å². The number of ether oxygens (including phenoxy) is 1. The normalized spacial score (nSPS) is 17.6. The van der Waals surface area contributed by atoms with Gasteiger partial charge in [-0.3, -0.25) is 9.59 Å². The summed E-state index contributed by atoms with van der Waals surface area (Å²) in [6, 6.07) is 12.7. The maximum absolute atomic E-state index is 13.5. The Kier molecular flexibility index (Phi) is 5.87. The second kappa shape index (κ2) is 8.35. The molecule has 1 saturated heterocycles. The largest absolute Gasteiger partial charge is 0.481 e. The Labute approximate surface area is 166 Å². The molecule has 1 aliphatic heterocycles. The lowest BCUT2D eigenvalue weighted by Crippen LogP contribution is -2.36. The average molecular weight is 399 g/mol. The zero-order chi connectivity index (χ0) is 21.0. The molecular weight excluding hydrogens is 380 g/mol. The number of likely N-dealkylation sites (tertiary alicyclic amines) is 1. The van der Waals surface area contributed by atoms with Crippen LogP contribution >= 0.6 is 0 Å². The summed E-state index contributed by atoms with van der Waals surface area (Å²) in [5.74, 6) is -3.72. The first-order valence-electron chi connectivity index (χ1n) is 9.05. The van der Waals surface area contributed by atoms with Gasteiger partial charge in [0.05, 0.1) is 25.4 Å². The Hall–Kier alpha value is -3.34. The van der Waals surface area contributed by atoms with Gasteiger partial charge in [-0.25, -0.2) is 13.8 Å². The number of nitriles is 1. The summed E-state index contributed by atoms with van der Waals surface area (Å²) in [5.41, 5.74) is 1.45. The minimum Gasteiger partial charge on any atom is -0.481 e. The molecular formula is C21H19F2N3O3. The molecule has 0 radical (unpaired) electrons. The maximum Gasteiger partial charge on any atom is 0.268 e. The molecule has 150 valence electrons. The van der Waals surface area contributed by atoms with Gasteiger partial charge in [-0.2, -0.15) is 5.26 Å². The van der Waals surface area contributed by atoms with E-state index in [-0.39, 0.29) is 18.6 Å². The summed E-state index contributed by atoms with van der Waals surface area (Å²) in [5, 5.41) is 9.02. The number of amides is 1. The molecule has 0 unspecified atom stereocenters. The molecule has 1 aromatic heterocycles. The number of hydrogen-bond acceptors (Lipinski definition) is 5. The molecule has 2 aromatic rings. The van der Waals surface area contributed by atoms with E-state index < -0.39 is 30.8 Å². The number of methoxy groups -OCH3 is 1. The highest BCUT2D eigenvalue weighted by molar-refractivity contribution is 6.02. The fourth-order valence-electron chi connectivity index (χ4n) is 3.29. The minimum absolute atomic E-state index is 0.174. The molecule has 1 aromatic carbocycles. The van der Waals surface area contributed by atoms with Crippen molar-refractivity contribution in [1.29, 1.82) is 5.26 Å². The molecule has 1 amide bonds. The minimum atomic E-state index is -3.08. The molecule has 3 rings (SSSR count). The van der Waals surface area contributed by atoms with Crippen molar-refractivity contribution in [2.75, 3.05) is 13.7 Å². The third-order valence-electron chi connectivity index (χ3n) is 4.73. The molecule has 0 spiro atoms. The summed E-state index contributed by atoms with van der Waals surface area (Å²) in [7, 11) is 1.47. The molecule has 1 atom stereocenters. The average Bonchev–Trinajstić information content (AvgIpc) is 3.06. The van der Waals surface area contributed by atoms with Crippen LogP contribution in [0.5, 0.6) is 5.88 Å². The lowest BCUT2D eigenvalue weighted by atomic mass is 10.00. The van der Waals surface area contributed by atoms with E-state index in [0.717, 1.165) is 4.90 Å². The predicted octanol–water partition coefficient (Wildman–Crippen LogP) is 3.48. The van der Waals surface area contributed by atoms with Crippen molar-refractivity contribution in [3.63, 3.8) is 0 Å². The highest BCUT2D eigenvalue weighted by Crippen LogP contribution is 2.32. The molecule has 0 bridgehead atoms. The fraction of sp³-hybridized carbons (Fsp3) is 0.333. The van der Waals surface area contributed by atoms with Crippen LogP contribution < -0.4 is 4.74 Å². The number of rotatable bonds is 6. The van der Waals surface area contributed by atoms with Crippen LogP contribution in [0.4, 0.5) is 8.78 Å². The monoisotopic (exact) mass is 399 g/mol. The van der Waals surface area contributed by atoms with Crippen molar-refractivity contribution in [1.82, 2.24) is 9.88 Å². The van der Waals surface area contributed by atoms with Gasteiger partial charge in [-0.15, -0.1) is 0 Å². The fourth-order valence-corrected chi connectivity index (χ4v) is 3.29. The van der Waals surface area contributed by atoms with Crippen molar-refractivity contribution < 1.29 is 23.1 Å². The van der Waals surface area contributed by atoms with Crippen LogP contribution in [-0.4, -0.2) is 47.2 Å². The highest BCUT2D eigenvalue weighted by Gasteiger charge is 2.47. The number of benzene rings is 1. The second-order valence-electron chi connectivity index (χ2n) is 6.77. The molecule has 2 heterocycles. The first-order chi connectivity index (χ1) is 13.8. The number of nitrogens with zero attached hydrogens (tertiary/aromatic N) is 3. The van der Waals surface area contributed by atoms with Gasteiger partial charge >= 0.3 is 0 Å². The first-order valence-corrected chi connectivity index (χ1v) is 9.05. The van der Waals surface area contributed by atoms with E-state index >= 15 is 0 Å². The van der Waals surface area contributed by atoms with Gasteiger partial charge in [-0.05, 0) is 6.07 Å². The zero-order valence-corrected chi connectivity index (χ0v) is 15.8. The van der Waals surface area contributed by atoms with Crippen LogP contribution in [-0.2, 0) is 4.79 Å². The molecule has 8 heteroatoms. The maximum atomic E-state index is 13.5. The van der Waals surface area contributed by atoms with E-state index in [2.05, 4.69) is 4.98 Å². The molecule has 6 nitrogen and oxygen atoms in total. The van der Waals surface area contributed by atoms with Crippen LogP contribution in [0.2, 0.25) is 0 Å². The number of carbonyl (C=O) groups excluding carboxylic acids is 2. The number of aromatic nitrogens is 1. The van der Waals surface area contributed by atoms with E-state index in [9.17, 15) is 18.4 Å². The van der Waals surface area contributed by atoms with E-state index in [1.54, 1.807) is 30.3 Å². The standard InChI is InChI=1S/C21H19F2N3O3/c1-29-18-9-7-16(20(25-18)14-5-3-2-4-6-14)17(27)8-10-19(28)26-13-21(22,23)11-15(26)12-24/h2-7,9,15H,8,10-11,13H2,1H3/t15-/m0/s1. The van der Waals surface area contributed by atoms with Crippen LogP contribution in [0.1, 0.15) is 29.6 Å². The number of alkyl halides is 2. The van der Waals surface area contributed by atoms with Gasteiger partial charge in [-0.1, -0.05) is 30.3 Å². The van der Waals surface area contributed by atoms with E-state index in [4.69, 9.17) is 10.00 Å². The summed E-state index contributed by atoms with van der Waals surface area (Å²) in [6.07, 6.45) is -1.11. The molecule has 1 aliphatic rings. The van der Waals surface area contributed by atoms with Crippen molar-refractivity contribution in [3.8, 4) is 23.2 Å². The lowest BCUT2D eigenvalue weighted by Gasteiger charge is -2.19. The Balaban J connectivity index is 1.76. The van der Waals surface area contributed by atoms with Gasteiger partial charge in [0.15, 0.2) is 5.78 Å². The van der Waals surface area contributed by atoms with Gasteiger partial charge < -0.3 is 9.64 Å². The molecule has 0 saturated carbocycles. The summed E-state index contributed by atoms with van der Waals surface area (Å²) >= 11 is 0. The highest BCUT2D eigenvalue weighted by atomic mass is 19.3. The van der Waals surface area contributed by atoms with E-state index in [0.29, 0.717) is 22.7 Å². The van der Waals surface area contributed by atoms with E-state index in [1.165, 1.54) is 7.11 Å². The quantitative estimate of drug-likeness (QED) is 0.695. The molecule has 1 fully saturated rings. The Morgan fingerprint density at radius 2 is 1.97 bits per heavy atom. The smallest absolute Gasteiger partial charge is 0.268 e. The van der Waals surface area contributed by atoms with Crippen molar-refractivity contribution in [2.45, 2.75) is 31.2 Å². The number of Topliss-reactive ketones (excluding diaryl/α,β-unsaturated/α-hetero) is 1. The van der Waals surface area contributed by atoms with Gasteiger partial charge in [0.2, 0.25) is 11.8 Å². The van der Waals surface area contributed by atoms with Crippen LogP contribution in [0, 0.1) is 11.3 Å². The molecule has 0 N–H and O–H groups in total. The Bertz CT molecular complexity index is 957.